The number of non-ortho nitro benzene ring substituents is 1. The van der Waals surface area contributed by atoms with Gasteiger partial charge in [0, 0.05) is 18.2 Å². The summed E-state index contributed by atoms with van der Waals surface area (Å²) in [5.41, 5.74) is 4.57. The number of nitrogens with zero attached hydrogens (tertiary/aromatic N) is 1. The molecule has 2 aromatic rings. The van der Waals surface area contributed by atoms with Crippen LogP contribution in [0.4, 0.5) is 18.9 Å². The SMILES string of the molecule is CNS(=O)(=O)c1ccc([N+](=O)[O-])cc1C[C@H](N)c1ccc(Cl)c(C(F)(F)F)c1.Cl. The summed E-state index contributed by atoms with van der Waals surface area (Å²) in [7, 11) is -2.80. The number of nitro groups is 1. The first-order valence-corrected chi connectivity index (χ1v) is 9.56. The van der Waals surface area contributed by atoms with E-state index < -0.39 is 37.8 Å². The molecule has 0 fully saturated rings. The summed E-state index contributed by atoms with van der Waals surface area (Å²) in [4.78, 5) is 10.0. The largest absolute Gasteiger partial charge is 0.417 e. The third kappa shape index (κ3) is 5.80. The first kappa shape index (κ1) is 25.1. The van der Waals surface area contributed by atoms with E-state index in [1.54, 1.807) is 0 Å². The number of benzene rings is 2. The number of halogens is 5. The molecule has 0 aliphatic rings. The van der Waals surface area contributed by atoms with Crippen LogP contribution in [-0.4, -0.2) is 20.4 Å². The Morgan fingerprint density at radius 2 is 1.86 bits per heavy atom. The van der Waals surface area contributed by atoms with Gasteiger partial charge in [0.2, 0.25) is 10.0 Å². The van der Waals surface area contributed by atoms with Crippen molar-refractivity contribution in [2.45, 2.75) is 23.5 Å². The smallest absolute Gasteiger partial charge is 0.324 e. The molecule has 1 atom stereocenters. The summed E-state index contributed by atoms with van der Waals surface area (Å²) in [6.07, 6.45) is -4.95. The van der Waals surface area contributed by atoms with Crippen molar-refractivity contribution in [3.8, 4) is 0 Å². The zero-order chi connectivity index (χ0) is 21.3. The second-order valence-corrected chi connectivity index (χ2v) is 8.07. The highest BCUT2D eigenvalue weighted by molar-refractivity contribution is 7.89. The molecule has 0 amide bonds. The van der Waals surface area contributed by atoms with Crippen LogP contribution in [0.1, 0.15) is 22.7 Å². The lowest BCUT2D eigenvalue weighted by atomic mass is 9.97. The maximum absolute atomic E-state index is 13.0. The number of rotatable bonds is 6. The quantitative estimate of drug-likeness (QED) is 0.488. The van der Waals surface area contributed by atoms with E-state index in [1.807, 2.05) is 0 Å². The van der Waals surface area contributed by atoms with Gasteiger partial charge in [-0.3, -0.25) is 10.1 Å². The molecule has 0 saturated carbocycles. The van der Waals surface area contributed by atoms with Gasteiger partial charge in [0.25, 0.3) is 5.69 Å². The fourth-order valence-electron chi connectivity index (χ4n) is 2.56. The standard InChI is InChI=1S/C16H15ClF3N3O4S.ClH/c1-22-28(26,27)15-5-3-11(23(24)25)6-10(15)8-14(21)9-2-4-13(17)12(7-9)16(18,19)20;/h2-7,14,22H,8,21H2,1H3;1H/t14-;/m0./s1. The second-order valence-electron chi connectivity index (χ2n) is 5.80. The van der Waals surface area contributed by atoms with Gasteiger partial charge in [-0.15, -0.1) is 12.4 Å². The van der Waals surface area contributed by atoms with Gasteiger partial charge in [0.15, 0.2) is 0 Å². The Morgan fingerprint density at radius 1 is 1.24 bits per heavy atom. The zero-order valence-corrected chi connectivity index (χ0v) is 17.1. The zero-order valence-electron chi connectivity index (χ0n) is 14.7. The van der Waals surface area contributed by atoms with Crippen LogP contribution in [0.3, 0.4) is 0 Å². The Balaban J connectivity index is 0.00000420. The number of hydrogen-bond acceptors (Lipinski definition) is 5. The van der Waals surface area contributed by atoms with E-state index in [0.717, 1.165) is 37.4 Å². The molecule has 0 aromatic heterocycles. The Labute approximate surface area is 175 Å². The van der Waals surface area contributed by atoms with Crippen LogP contribution in [0.15, 0.2) is 41.3 Å². The summed E-state index contributed by atoms with van der Waals surface area (Å²) < 4.78 is 65.5. The van der Waals surface area contributed by atoms with Crippen molar-refractivity contribution >= 4 is 39.7 Å². The lowest BCUT2D eigenvalue weighted by Crippen LogP contribution is -2.22. The molecule has 3 N–H and O–H groups in total. The molecule has 0 bridgehead atoms. The van der Waals surface area contributed by atoms with E-state index in [-0.39, 0.29) is 40.5 Å². The average Bonchev–Trinajstić information content (AvgIpc) is 2.60. The highest BCUT2D eigenvalue weighted by atomic mass is 35.5. The molecule has 0 unspecified atom stereocenters. The van der Waals surface area contributed by atoms with E-state index in [2.05, 4.69) is 4.72 Å². The molecular weight excluding hydrogens is 458 g/mol. The molecule has 0 saturated heterocycles. The number of hydrogen-bond donors (Lipinski definition) is 2. The number of nitro benzene ring substituents is 1. The van der Waals surface area contributed by atoms with Gasteiger partial charge in [-0.05, 0) is 42.8 Å². The number of alkyl halides is 3. The van der Waals surface area contributed by atoms with Crippen LogP contribution in [0.2, 0.25) is 5.02 Å². The topological polar surface area (TPSA) is 115 Å². The average molecular weight is 474 g/mol. The van der Waals surface area contributed by atoms with Crippen LogP contribution >= 0.6 is 24.0 Å². The minimum atomic E-state index is -4.70. The molecule has 0 aliphatic heterocycles. The fraction of sp³-hybridized carbons (Fsp3) is 0.250. The van der Waals surface area contributed by atoms with Crippen molar-refractivity contribution in [3.63, 3.8) is 0 Å². The molecule has 2 aromatic carbocycles. The molecule has 0 spiro atoms. The van der Waals surface area contributed by atoms with Gasteiger partial charge in [-0.25, -0.2) is 13.1 Å². The summed E-state index contributed by atoms with van der Waals surface area (Å²) >= 11 is 5.58. The highest BCUT2D eigenvalue weighted by Gasteiger charge is 2.34. The van der Waals surface area contributed by atoms with E-state index in [1.165, 1.54) is 6.07 Å². The van der Waals surface area contributed by atoms with Gasteiger partial charge in [-0.1, -0.05) is 17.7 Å². The number of sulfonamides is 1. The maximum Gasteiger partial charge on any atom is 0.417 e. The molecule has 0 heterocycles. The molecule has 13 heteroatoms. The first-order valence-electron chi connectivity index (χ1n) is 7.70. The Kier molecular flexibility index (Phi) is 8.02. The first-order chi connectivity index (χ1) is 12.9. The third-order valence-corrected chi connectivity index (χ3v) is 5.82. The minimum Gasteiger partial charge on any atom is -0.324 e. The predicted octanol–water partition coefficient (Wildman–Crippen LogP) is 3.84. The van der Waals surface area contributed by atoms with Crippen molar-refractivity contribution < 1.29 is 26.5 Å². The van der Waals surface area contributed by atoms with Gasteiger partial charge < -0.3 is 5.73 Å². The minimum absolute atomic E-state index is 0. The van der Waals surface area contributed by atoms with Crippen LogP contribution in [0.25, 0.3) is 0 Å². The van der Waals surface area contributed by atoms with E-state index in [4.69, 9.17) is 17.3 Å². The molecule has 29 heavy (non-hydrogen) atoms. The van der Waals surface area contributed by atoms with Crippen molar-refractivity contribution in [2.24, 2.45) is 5.73 Å². The molecule has 0 radical (unpaired) electrons. The van der Waals surface area contributed by atoms with E-state index in [9.17, 15) is 31.7 Å². The summed E-state index contributed by atoms with van der Waals surface area (Å²) in [6.45, 7) is 0. The lowest BCUT2D eigenvalue weighted by Gasteiger charge is -2.17. The number of nitrogens with two attached hydrogens (primary N) is 1. The van der Waals surface area contributed by atoms with Gasteiger partial charge in [0.1, 0.15) is 0 Å². The van der Waals surface area contributed by atoms with E-state index >= 15 is 0 Å². The summed E-state index contributed by atoms with van der Waals surface area (Å²) in [6, 6.07) is 5.13. The van der Waals surface area contributed by atoms with Crippen molar-refractivity contribution in [1.82, 2.24) is 4.72 Å². The predicted molar refractivity (Wildman–Crippen MR) is 104 cm³/mol. The summed E-state index contributed by atoms with van der Waals surface area (Å²) in [5, 5.41) is 10.5. The second kappa shape index (κ2) is 9.26. The van der Waals surface area contributed by atoms with Crippen LogP contribution in [-0.2, 0) is 22.6 Å². The third-order valence-electron chi connectivity index (χ3n) is 3.98. The Bertz CT molecular complexity index is 1020. The summed E-state index contributed by atoms with van der Waals surface area (Å²) in [5.74, 6) is 0. The lowest BCUT2D eigenvalue weighted by molar-refractivity contribution is -0.385. The molecule has 0 aliphatic carbocycles. The van der Waals surface area contributed by atoms with Crippen molar-refractivity contribution in [2.75, 3.05) is 7.05 Å². The highest BCUT2D eigenvalue weighted by Crippen LogP contribution is 2.36. The van der Waals surface area contributed by atoms with Gasteiger partial charge in [0.05, 0.1) is 20.4 Å². The van der Waals surface area contributed by atoms with Crippen LogP contribution in [0, 0.1) is 10.1 Å². The molecule has 160 valence electrons. The monoisotopic (exact) mass is 473 g/mol. The van der Waals surface area contributed by atoms with Gasteiger partial charge in [-0.2, -0.15) is 13.2 Å². The normalized spacial score (nSPS) is 12.9. The molecule has 7 nitrogen and oxygen atoms in total. The molecular formula is C16H16Cl2F3N3O4S. The Hall–Kier alpha value is -1.92. The van der Waals surface area contributed by atoms with E-state index in [0.29, 0.717) is 0 Å². The number of nitrogens with one attached hydrogen (secondary N) is 1. The van der Waals surface area contributed by atoms with Crippen LogP contribution in [0.5, 0.6) is 0 Å². The van der Waals surface area contributed by atoms with Crippen molar-refractivity contribution in [1.29, 1.82) is 0 Å². The Morgan fingerprint density at radius 3 is 2.38 bits per heavy atom. The van der Waals surface area contributed by atoms with Gasteiger partial charge >= 0.3 is 6.18 Å². The fourth-order valence-corrected chi connectivity index (χ4v) is 3.74. The maximum atomic E-state index is 13.0. The van der Waals surface area contributed by atoms with Crippen LogP contribution < -0.4 is 10.5 Å². The molecule has 2 rings (SSSR count). The van der Waals surface area contributed by atoms with Crippen molar-refractivity contribution in [3.05, 3.63) is 68.2 Å².